The molecule has 4 nitrogen and oxygen atoms in total. The van der Waals surface area contributed by atoms with Gasteiger partial charge >= 0.3 is 0 Å². The second-order valence-electron chi connectivity index (χ2n) is 3.49. The molecule has 0 fully saturated rings. The summed E-state index contributed by atoms with van der Waals surface area (Å²) in [5.41, 5.74) is 8.54. The molecule has 3 aromatic rings. The number of thiazole rings is 1. The van der Waals surface area contributed by atoms with E-state index in [1.165, 1.54) is 0 Å². The first-order valence-corrected chi connectivity index (χ1v) is 5.91. The largest absolute Gasteiger partial charge is 0.472 e. The first kappa shape index (κ1) is 10.0. The van der Waals surface area contributed by atoms with Gasteiger partial charge in [-0.3, -0.25) is 0 Å². The Morgan fingerprint density at radius 3 is 3.00 bits per heavy atom. The van der Waals surface area contributed by atoms with Gasteiger partial charge in [0.1, 0.15) is 10.8 Å². The van der Waals surface area contributed by atoms with Gasteiger partial charge in [-0.2, -0.15) is 0 Å². The number of furan rings is 1. The maximum absolute atomic E-state index is 5.82. The fourth-order valence-electron chi connectivity index (χ4n) is 1.54. The van der Waals surface area contributed by atoms with Crippen molar-refractivity contribution in [1.29, 1.82) is 0 Å². The van der Waals surface area contributed by atoms with Gasteiger partial charge in [-0.05, 0) is 18.2 Å². The number of rotatable bonds is 2. The van der Waals surface area contributed by atoms with Gasteiger partial charge in [0.25, 0.3) is 0 Å². The van der Waals surface area contributed by atoms with Crippen molar-refractivity contribution in [2.45, 2.75) is 0 Å². The lowest BCUT2D eigenvalue weighted by atomic mass is 10.2. The van der Waals surface area contributed by atoms with Crippen LogP contribution in [0.5, 0.6) is 0 Å². The molecule has 0 saturated heterocycles. The van der Waals surface area contributed by atoms with Crippen molar-refractivity contribution in [2.75, 3.05) is 5.73 Å². The van der Waals surface area contributed by atoms with Crippen molar-refractivity contribution in [3.63, 3.8) is 0 Å². The van der Waals surface area contributed by atoms with E-state index in [2.05, 4.69) is 9.97 Å². The lowest BCUT2D eigenvalue weighted by molar-refractivity contribution is 0.568. The van der Waals surface area contributed by atoms with Gasteiger partial charge in [0.15, 0.2) is 0 Å². The van der Waals surface area contributed by atoms with Gasteiger partial charge in [-0.15, -0.1) is 11.3 Å². The SMILES string of the molecule is Nc1ncccc1-c1nc(-c2ccoc2)cs1. The van der Waals surface area contributed by atoms with Crippen molar-refractivity contribution in [3.8, 4) is 21.8 Å². The monoisotopic (exact) mass is 243 g/mol. The molecular weight excluding hydrogens is 234 g/mol. The Morgan fingerprint density at radius 1 is 1.29 bits per heavy atom. The predicted octanol–water partition coefficient (Wildman–Crippen LogP) is 3.05. The van der Waals surface area contributed by atoms with Gasteiger partial charge in [0.05, 0.1) is 23.8 Å². The van der Waals surface area contributed by atoms with Crippen LogP contribution >= 0.6 is 11.3 Å². The first-order chi connectivity index (χ1) is 8.34. The second-order valence-corrected chi connectivity index (χ2v) is 4.34. The van der Waals surface area contributed by atoms with Crippen LogP contribution in [0.2, 0.25) is 0 Å². The minimum atomic E-state index is 0.501. The maximum atomic E-state index is 5.82. The minimum absolute atomic E-state index is 0.501. The van der Waals surface area contributed by atoms with E-state index in [0.717, 1.165) is 21.8 Å². The van der Waals surface area contributed by atoms with Crippen molar-refractivity contribution in [3.05, 3.63) is 42.3 Å². The molecule has 0 atom stereocenters. The minimum Gasteiger partial charge on any atom is -0.472 e. The highest BCUT2D eigenvalue weighted by molar-refractivity contribution is 7.13. The summed E-state index contributed by atoms with van der Waals surface area (Å²) in [6, 6.07) is 5.65. The van der Waals surface area contributed by atoms with E-state index < -0.39 is 0 Å². The highest BCUT2D eigenvalue weighted by Crippen LogP contribution is 2.31. The maximum Gasteiger partial charge on any atom is 0.133 e. The van der Waals surface area contributed by atoms with Crippen LogP contribution < -0.4 is 5.73 Å². The normalized spacial score (nSPS) is 10.6. The zero-order valence-electron chi connectivity index (χ0n) is 8.83. The van der Waals surface area contributed by atoms with Crippen LogP contribution in [0.1, 0.15) is 0 Å². The summed E-state index contributed by atoms with van der Waals surface area (Å²) in [6.45, 7) is 0. The highest BCUT2D eigenvalue weighted by atomic mass is 32.1. The molecule has 0 aliphatic rings. The molecule has 0 amide bonds. The summed E-state index contributed by atoms with van der Waals surface area (Å²) < 4.78 is 5.04. The number of hydrogen-bond acceptors (Lipinski definition) is 5. The zero-order valence-corrected chi connectivity index (χ0v) is 9.65. The van der Waals surface area contributed by atoms with Crippen LogP contribution in [0.15, 0.2) is 46.7 Å². The second kappa shape index (κ2) is 4.03. The van der Waals surface area contributed by atoms with Crippen LogP contribution in [0.4, 0.5) is 5.82 Å². The Bertz CT molecular complexity index is 631. The standard InChI is InChI=1S/C12H9N3OS/c13-11-9(2-1-4-14-11)12-15-10(7-17-12)8-3-5-16-6-8/h1-7H,(H2,13,14). The van der Waals surface area contributed by atoms with Crippen molar-refractivity contribution in [2.24, 2.45) is 0 Å². The third-order valence-corrected chi connectivity index (χ3v) is 3.27. The van der Waals surface area contributed by atoms with Crippen LogP contribution in [0.3, 0.4) is 0 Å². The molecule has 0 aliphatic heterocycles. The molecule has 84 valence electrons. The Morgan fingerprint density at radius 2 is 2.24 bits per heavy atom. The number of nitrogens with two attached hydrogens (primary N) is 1. The van der Waals surface area contributed by atoms with Crippen molar-refractivity contribution in [1.82, 2.24) is 9.97 Å². The lowest BCUT2D eigenvalue weighted by Crippen LogP contribution is -1.92. The van der Waals surface area contributed by atoms with E-state index >= 15 is 0 Å². The quantitative estimate of drug-likeness (QED) is 0.751. The summed E-state index contributed by atoms with van der Waals surface area (Å²) in [6.07, 6.45) is 4.97. The smallest absolute Gasteiger partial charge is 0.133 e. The Hall–Kier alpha value is -2.14. The van der Waals surface area contributed by atoms with Crippen LogP contribution in [-0.4, -0.2) is 9.97 Å². The van der Waals surface area contributed by atoms with E-state index in [1.54, 1.807) is 30.1 Å². The number of nitrogens with zero attached hydrogens (tertiary/aromatic N) is 2. The molecule has 17 heavy (non-hydrogen) atoms. The molecule has 0 unspecified atom stereocenters. The molecule has 3 rings (SSSR count). The summed E-state index contributed by atoms with van der Waals surface area (Å²) >= 11 is 1.54. The molecule has 3 heterocycles. The molecule has 0 aromatic carbocycles. The molecule has 0 radical (unpaired) electrons. The summed E-state index contributed by atoms with van der Waals surface area (Å²) in [7, 11) is 0. The van der Waals surface area contributed by atoms with Crippen molar-refractivity contribution < 1.29 is 4.42 Å². The number of hydrogen-bond donors (Lipinski definition) is 1. The molecular formula is C12H9N3OS. The Kier molecular flexibility index (Phi) is 2.38. The van der Waals surface area contributed by atoms with Crippen LogP contribution in [0.25, 0.3) is 21.8 Å². The summed E-state index contributed by atoms with van der Waals surface area (Å²) in [4.78, 5) is 8.58. The van der Waals surface area contributed by atoms with Gasteiger partial charge in [-0.25, -0.2) is 9.97 Å². The molecule has 0 spiro atoms. The molecule has 0 bridgehead atoms. The Labute approximate surface area is 102 Å². The number of anilines is 1. The fraction of sp³-hybridized carbons (Fsp3) is 0. The van der Waals surface area contributed by atoms with E-state index in [4.69, 9.17) is 10.2 Å². The molecule has 0 aliphatic carbocycles. The molecule has 2 N–H and O–H groups in total. The van der Waals surface area contributed by atoms with E-state index in [-0.39, 0.29) is 0 Å². The highest BCUT2D eigenvalue weighted by Gasteiger charge is 2.09. The van der Waals surface area contributed by atoms with Gasteiger partial charge in [0.2, 0.25) is 0 Å². The molecule has 3 aromatic heterocycles. The van der Waals surface area contributed by atoms with E-state index in [0.29, 0.717) is 5.82 Å². The van der Waals surface area contributed by atoms with E-state index in [1.807, 2.05) is 23.6 Å². The predicted molar refractivity (Wildman–Crippen MR) is 67.5 cm³/mol. The van der Waals surface area contributed by atoms with Crippen LogP contribution in [0, 0.1) is 0 Å². The van der Waals surface area contributed by atoms with Gasteiger partial charge < -0.3 is 10.2 Å². The number of aromatic nitrogens is 2. The van der Waals surface area contributed by atoms with E-state index in [9.17, 15) is 0 Å². The summed E-state index contributed by atoms with van der Waals surface area (Å²) in [5, 5.41) is 2.85. The summed E-state index contributed by atoms with van der Waals surface area (Å²) in [5.74, 6) is 0.501. The number of pyridine rings is 1. The first-order valence-electron chi connectivity index (χ1n) is 5.03. The Balaban J connectivity index is 2.04. The third-order valence-electron chi connectivity index (χ3n) is 2.39. The topological polar surface area (TPSA) is 64.9 Å². The number of nitrogen functional groups attached to an aromatic ring is 1. The average molecular weight is 243 g/mol. The fourth-order valence-corrected chi connectivity index (χ4v) is 2.40. The lowest BCUT2D eigenvalue weighted by Gasteiger charge is -1.98. The van der Waals surface area contributed by atoms with Gasteiger partial charge in [0, 0.05) is 17.1 Å². The average Bonchev–Trinajstić information content (AvgIpc) is 3.00. The van der Waals surface area contributed by atoms with Gasteiger partial charge in [-0.1, -0.05) is 0 Å². The molecule has 5 heteroatoms. The zero-order chi connectivity index (χ0) is 11.7. The third kappa shape index (κ3) is 1.81. The van der Waals surface area contributed by atoms with Crippen LogP contribution in [-0.2, 0) is 0 Å². The van der Waals surface area contributed by atoms with Crippen molar-refractivity contribution >= 4 is 17.2 Å². The molecule has 0 saturated carbocycles.